The fraction of sp³-hybridized carbons (Fsp3) is 0.571. The Morgan fingerprint density at radius 1 is 1.63 bits per heavy atom. The van der Waals surface area contributed by atoms with Crippen LogP contribution in [0.5, 0.6) is 5.88 Å². The number of carbonyl (C=O) groups excluding carboxylic acids is 1. The Balaban J connectivity index is 2.13. The standard InChI is InChI=1S/C14H20N2O3/c1-19-13-12(7-2-8-15-13)14(18)16-9-3-5-11(16)6-4-10-17/h2,7-8,11,17H,3-6,9-10H2,1H3. The Kier molecular flexibility index (Phi) is 4.74. The minimum absolute atomic E-state index is 0.0228. The second-order valence-electron chi connectivity index (χ2n) is 4.72. The number of ether oxygens (including phenoxy) is 1. The molecule has 2 heterocycles. The van der Waals surface area contributed by atoms with Crippen molar-refractivity contribution in [1.29, 1.82) is 0 Å². The number of likely N-dealkylation sites (tertiary alicyclic amines) is 1. The molecule has 1 aliphatic rings. The number of nitrogens with zero attached hydrogens (tertiary/aromatic N) is 2. The number of hydrogen-bond donors (Lipinski definition) is 1. The number of hydrogen-bond acceptors (Lipinski definition) is 4. The van der Waals surface area contributed by atoms with Crippen LogP contribution < -0.4 is 4.74 Å². The lowest BCUT2D eigenvalue weighted by atomic mass is 10.1. The van der Waals surface area contributed by atoms with Gasteiger partial charge in [-0.3, -0.25) is 4.79 Å². The Hall–Kier alpha value is -1.62. The average molecular weight is 264 g/mol. The van der Waals surface area contributed by atoms with Crippen LogP contribution in [0.2, 0.25) is 0 Å². The molecule has 5 nitrogen and oxygen atoms in total. The molecule has 1 unspecified atom stereocenters. The number of methoxy groups -OCH3 is 1. The Bertz CT molecular complexity index is 436. The van der Waals surface area contributed by atoms with Crippen LogP contribution >= 0.6 is 0 Å². The van der Waals surface area contributed by atoms with Crippen LogP contribution in [0.3, 0.4) is 0 Å². The lowest BCUT2D eigenvalue weighted by molar-refractivity contribution is 0.0720. The Morgan fingerprint density at radius 2 is 2.47 bits per heavy atom. The number of aliphatic hydroxyl groups excluding tert-OH is 1. The van der Waals surface area contributed by atoms with Gasteiger partial charge in [0.2, 0.25) is 5.88 Å². The van der Waals surface area contributed by atoms with E-state index in [4.69, 9.17) is 9.84 Å². The molecule has 1 N–H and O–H groups in total. The van der Waals surface area contributed by atoms with E-state index in [2.05, 4.69) is 4.98 Å². The number of rotatable bonds is 5. The molecular weight excluding hydrogens is 244 g/mol. The van der Waals surface area contributed by atoms with E-state index in [0.717, 1.165) is 32.2 Å². The van der Waals surface area contributed by atoms with E-state index in [9.17, 15) is 4.79 Å². The number of carbonyl (C=O) groups is 1. The molecule has 0 aliphatic carbocycles. The zero-order chi connectivity index (χ0) is 13.7. The molecule has 1 atom stereocenters. The van der Waals surface area contributed by atoms with Crippen molar-refractivity contribution < 1.29 is 14.6 Å². The number of pyridine rings is 1. The smallest absolute Gasteiger partial charge is 0.259 e. The van der Waals surface area contributed by atoms with Crippen LogP contribution in [-0.2, 0) is 0 Å². The Morgan fingerprint density at radius 3 is 3.21 bits per heavy atom. The largest absolute Gasteiger partial charge is 0.480 e. The summed E-state index contributed by atoms with van der Waals surface area (Å²) < 4.78 is 5.14. The van der Waals surface area contributed by atoms with Gasteiger partial charge in [-0.05, 0) is 37.8 Å². The fourth-order valence-electron chi connectivity index (χ4n) is 2.60. The molecule has 5 heteroatoms. The maximum atomic E-state index is 12.5. The van der Waals surface area contributed by atoms with Gasteiger partial charge in [-0.1, -0.05) is 0 Å². The van der Waals surface area contributed by atoms with Crippen molar-refractivity contribution >= 4 is 5.91 Å². The highest BCUT2D eigenvalue weighted by Gasteiger charge is 2.30. The third kappa shape index (κ3) is 3.04. The number of aliphatic hydroxyl groups is 1. The van der Waals surface area contributed by atoms with Crippen molar-refractivity contribution in [3.8, 4) is 5.88 Å². The second kappa shape index (κ2) is 6.52. The quantitative estimate of drug-likeness (QED) is 0.874. The SMILES string of the molecule is COc1ncccc1C(=O)N1CCCC1CCCO. The first-order chi connectivity index (χ1) is 9.27. The predicted molar refractivity (Wildman–Crippen MR) is 71.2 cm³/mol. The normalized spacial score (nSPS) is 18.6. The first-order valence-corrected chi connectivity index (χ1v) is 6.68. The van der Waals surface area contributed by atoms with Crippen LogP contribution in [0.1, 0.15) is 36.0 Å². The van der Waals surface area contributed by atoms with Gasteiger partial charge in [-0.15, -0.1) is 0 Å². The van der Waals surface area contributed by atoms with E-state index >= 15 is 0 Å². The maximum absolute atomic E-state index is 12.5. The molecule has 0 aromatic carbocycles. The van der Waals surface area contributed by atoms with E-state index in [1.54, 1.807) is 18.3 Å². The molecule has 0 spiro atoms. The Labute approximate surface area is 113 Å². The molecule has 104 valence electrons. The van der Waals surface area contributed by atoms with Gasteiger partial charge in [0.15, 0.2) is 0 Å². The maximum Gasteiger partial charge on any atom is 0.259 e. The van der Waals surface area contributed by atoms with Gasteiger partial charge >= 0.3 is 0 Å². The molecule has 1 aromatic rings. The third-order valence-corrected chi connectivity index (χ3v) is 3.53. The van der Waals surface area contributed by atoms with E-state index in [-0.39, 0.29) is 18.6 Å². The summed E-state index contributed by atoms with van der Waals surface area (Å²) in [5, 5.41) is 8.92. The minimum Gasteiger partial charge on any atom is -0.480 e. The van der Waals surface area contributed by atoms with Gasteiger partial charge in [-0.2, -0.15) is 0 Å². The lowest BCUT2D eigenvalue weighted by Gasteiger charge is -2.25. The molecular formula is C14H20N2O3. The van der Waals surface area contributed by atoms with Gasteiger partial charge in [0.25, 0.3) is 5.91 Å². The zero-order valence-electron chi connectivity index (χ0n) is 11.2. The summed E-state index contributed by atoms with van der Waals surface area (Å²) in [6.07, 6.45) is 5.23. The summed E-state index contributed by atoms with van der Waals surface area (Å²) >= 11 is 0. The molecule has 0 saturated carbocycles. The van der Waals surface area contributed by atoms with E-state index in [1.807, 2.05) is 4.90 Å². The number of amides is 1. The topological polar surface area (TPSA) is 62.7 Å². The van der Waals surface area contributed by atoms with E-state index < -0.39 is 0 Å². The molecule has 1 amide bonds. The van der Waals surface area contributed by atoms with Crippen molar-refractivity contribution in [2.75, 3.05) is 20.3 Å². The van der Waals surface area contributed by atoms with Gasteiger partial charge in [0, 0.05) is 25.4 Å². The van der Waals surface area contributed by atoms with Crippen LogP contribution in [-0.4, -0.2) is 47.2 Å². The third-order valence-electron chi connectivity index (χ3n) is 3.53. The van der Waals surface area contributed by atoms with Crippen LogP contribution in [0, 0.1) is 0 Å². The fourth-order valence-corrected chi connectivity index (χ4v) is 2.60. The molecule has 1 saturated heterocycles. The predicted octanol–water partition coefficient (Wildman–Crippen LogP) is 1.47. The highest BCUT2D eigenvalue weighted by Crippen LogP contribution is 2.25. The van der Waals surface area contributed by atoms with Gasteiger partial charge in [0.05, 0.1) is 7.11 Å². The lowest BCUT2D eigenvalue weighted by Crippen LogP contribution is -2.35. The van der Waals surface area contributed by atoms with Gasteiger partial charge in [-0.25, -0.2) is 4.98 Å². The van der Waals surface area contributed by atoms with Crippen LogP contribution in [0.4, 0.5) is 0 Å². The van der Waals surface area contributed by atoms with Crippen molar-refractivity contribution in [3.63, 3.8) is 0 Å². The van der Waals surface area contributed by atoms with Crippen molar-refractivity contribution in [2.45, 2.75) is 31.7 Å². The highest BCUT2D eigenvalue weighted by molar-refractivity contribution is 5.96. The molecule has 0 bridgehead atoms. The summed E-state index contributed by atoms with van der Waals surface area (Å²) in [6, 6.07) is 3.72. The molecule has 19 heavy (non-hydrogen) atoms. The monoisotopic (exact) mass is 264 g/mol. The van der Waals surface area contributed by atoms with Crippen LogP contribution in [0.25, 0.3) is 0 Å². The summed E-state index contributed by atoms with van der Waals surface area (Å²) in [7, 11) is 1.52. The van der Waals surface area contributed by atoms with Crippen molar-refractivity contribution in [3.05, 3.63) is 23.9 Å². The summed E-state index contributed by atoms with van der Waals surface area (Å²) in [6.45, 7) is 0.946. The molecule has 2 rings (SSSR count). The summed E-state index contributed by atoms with van der Waals surface area (Å²) in [5.41, 5.74) is 0.515. The van der Waals surface area contributed by atoms with Crippen molar-refractivity contribution in [2.24, 2.45) is 0 Å². The van der Waals surface area contributed by atoms with Gasteiger partial charge in [0.1, 0.15) is 5.56 Å². The van der Waals surface area contributed by atoms with Crippen molar-refractivity contribution in [1.82, 2.24) is 9.88 Å². The van der Waals surface area contributed by atoms with Crippen LogP contribution in [0.15, 0.2) is 18.3 Å². The molecule has 0 radical (unpaired) electrons. The first kappa shape index (κ1) is 13.8. The first-order valence-electron chi connectivity index (χ1n) is 6.68. The van der Waals surface area contributed by atoms with E-state index in [0.29, 0.717) is 11.4 Å². The second-order valence-corrected chi connectivity index (χ2v) is 4.72. The van der Waals surface area contributed by atoms with E-state index in [1.165, 1.54) is 7.11 Å². The van der Waals surface area contributed by atoms with Gasteiger partial charge < -0.3 is 14.7 Å². The molecule has 1 aliphatic heterocycles. The minimum atomic E-state index is -0.0228. The highest BCUT2D eigenvalue weighted by atomic mass is 16.5. The zero-order valence-corrected chi connectivity index (χ0v) is 11.2. The molecule has 1 fully saturated rings. The summed E-state index contributed by atoms with van der Waals surface area (Å²) in [5.74, 6) is 0.352. The summed E-state index contributed by atoms with van der Waals surface area (Å²) in [4.78, 5) is 18.5. The number of aromatic nitrogens is 1. The average Bonchev–Trinajstić information content (AvgIpc) is 2.92. The molecule has 1 aromatic heterocycles.